The van der Waals surface area contributed by atoms with E-state index < -0.39 is 0 Å². The molecule has 1 saturated heterocycles. The highest BCUT2D eigenvalue weighted by molar-refractivity contribution is 7.20. The highest BCUT2D eigenvalue weighted by atomic mass is 32.1. The second-order valence-electron chi connectivity index (χ2n) is 8.19. The van der Waals surface area contributed by atoms with Crippen LogP contribution in [-0.2, 0) is 0 Å². The third-order valence-corrected chi connectivity index (χ3v) is 6.87. The Morgan fingerprint density at radius 3 is 2.48 bits per heavy atom. The Morgan fingerprint density at radius 1 is 1.10 bits per heavy atom. The van der Waals surface area contributed by atoms with Gasteiger partial charge in [-0.25, -0.2) is 4.98 Å². The molecule has 4 rings (SSSR count). The number of benzene rings is 2. The molecule has 6 heteroatoms. The minimum absolute atomic E-state index is 0.0739. The lowest BCUT2D eigenvalue weighted by Crippen LogP contribution is -2.41. The lowest BCUT2D eigenvalue weighted by Gasteiger charge is -2.31. The Bertz CT molecular complexity index is 998. The van der Waals surface area contributed by atoms with Crippen LogP contribution in [0, 0.1) is 13.8 Å². The van der Waals surface area contributed by atoms with E-state index in [9.17, 15) is 4.79 Å². The number of thiazole rings is 1. The molecule has 0 bridgehead atoms. The zero-order chi connectivity index (χ0) is 21.8. The van der Waals surface area contributed by atoms with Crippen LogP contribution in [0.4, 0.5) is 0 Å². The topological polar surface area (TPSA) is 51.7 Å². The summed E-state index contributed by atoms with van der Waals surface area (Å²) in [5.41, 5.74) is 4.15. The first kappa shape index (κ1) is 21.6. The van der Waals surface area contributed by atoms with Crippen LogP contribution in [0.15, 0.2) is 36.4 Å². The Morgan fingerprint density at radius 2 is 1.81 bits per heavy atom. The zero-order valence-corrected chi connectivity index (χ0v) is 19.3. The monoisotopic (exact) mass is 438 g/mol. The van der Waals surface area contributed by atoms with Gasteiger partial charge >= 0.3 is 0 Å². The fraction of sp³-hybridized carbons (Fsp3) is 0.440. The molecule has 1 amide bonds. The molecule has 0 radical (unpaired) electrons. The van der Waals surface area contributed by atoms with Gasteiger partial charge in [0, 0.05) is 31.5 Å². The molecule has 0 saturated carbocycles. The number of aryl methyl sites for hydroxylation is 2. The third-order valence-electron chi connectivity index (χ3n) is 5.79. The van der Waals surface area contributed by atoms with E-state index in [0.29, 0.717) is 25.3 Å². The van der Waals surface area contributed by atoms with Crippen LogP contribution >= 0.6 is 11.3 Å². The minimum Gasteiger partial charge on any atom is -0.494 e. The van der Waals surface area contributed by atoms with Gasteiger partial charge in [-0.1, -0.05) is 36.8 Å². The molecule has 2 heterocycles. The molecule has 0 N–H and O–H groups in total. The number of piperidine rings is 1. The molecule has 164 valence electrons. The first-order valence-corrected chi connectivity index (χ1v) is 11.9. The summed E-state index contributed by atoms with van der Waals surface area (Å²) in [6.45, 7) is 8.44. The molecular weight excluding hydrogens is 408 g/mol. The number of likely N-dealkylation sites (tertiary alicyclic amines) is 1. The van der Waals surface area contributed by atoms with E-state index in [1.807, 2.05) is 29.2 Å². The van der Waals surface area contributed by atoms with Gasteiger partial charge in [-0.2, -0.15) is 0 Å². The van der Waals surface area contributed by atoms with Gasteiger partial charge < -0.3 is 14.4 Å². The van der Waals surface area contributed by atoms with E-state index in [-0.39, 0.29) is 12.0 Å². The highest BCUT2D eigenvalue weighted by Crippen LogP contribution is 2.33. The van der Waals surface area contributed by atoms with Crippen LogP contribution in [0.3, 0.4) is 0 Å². The van der Waals surface area contributed by atoms with Crippen molar-refractivity contribution in [1.29, 1.82) is 0 Å². The lowest BCUT2D eigenvalue weighted by atomic mass is 10.1. The molecule has 0 aliphatic carbocycles. The Hall–Kier alpha value is -2.60. The maximum absolute atomic E-state index is 12.9. The Balaban J connectivity index is 1.32. The number of fused-ring (bicyclic) bond motifs is 1. The number of rotatable bonds is 7. The van der Waals surface area contributed by atoms with Crippen molar-refractivity contribution >= 4 is 27.5 Å². The Kier molecular flexibility index (Phi) is 6.76. The summed E-state index contributed by atoms with van der Waals surface area (Å²) in [7, 11) is 0. The van der Waals surface area contributed by atoms with Gasteiger partial charge in [0.15, 0.2) is 0 Å². The van der Waals surface area contributed by atoms with Gasteiger partial charge in [0.1, 0.15) is 11.9 Å². The van der Waals surface area contributed by atoms with E-state index in [1.165, 1.54) is 15.8 Å². The molecule has 1 fully saturated rings. The lowest BCUT2D eigenvalue weighted by molar-refractivity contribution is 0.0595. The predicted octanol–water partition coefficient (Wildman–Crippen LogP) is 5.78. The summed E-state index contributed by atoms with van der Waals surface area (Å²) in [5, 5.41) is 0.732. The molecular formula is C25H30N2O3S. The van der Waals surface area contributed by atoms with Crippen LogP contribution in [0.5, 0.6) is 10.9 Å². The van der Waals surface area contributed by atoms with Gasteiger partial charge in [0.25, 0.3) is 11.1 Å². The number of carbonyl (C=O) groups excluding carboxylic acids is 1. The normalized spacial score (nSPS) is 14.7. The second-order valence-corrected chi connectivity index (χ2v) is 9.15. The van der Waals surface area contributed by atoms with Crippen molar-refractivity contribution in [3.63, 3.8) is 0 Å². The number of ether oxygens (including phenoxy) is 2. The van der Waals surface area contributed by atoms with E-state index in [1.54, 1.807) is 11.3 Å². The Labute approximate surface area is 188 Å². The van der Waals surface area contributed by atoms with Crippen molar-refractivity contribution in [2.75, 3.05) is 19.7 Å². The third kappa shape index (κ3) is 5.01. The van der Waals surface area contributed by atoms with Crippen LogP contribution in [0.2, 0.25) is 0 Å². The van der Waals surface area contributed by atoms with Crippen molar-refractivity contribution in [3.8, 4) is 10.9 Å². The molecule has 0 unspecified atom stereocenters. The summed E-state index contributed by atoms with van der Waals surface area (Å²) >= 11 is 1.62. The molecule has 3 aromatic rings. The largest absolute Gasteiger partial charge is 0.494 e. The molecule has 0 spiro atoms. The number of aromatic nitrogens is 1. The van der Waals surface area contributed by atoms with Crippen LogP contribution in [0.1, 0.15) is 54.1 Å². The quantitative estimate of drug-likeness (QED) is 0.439. The number of hydrogen-bond acceptors (Lipinski definition) is 5. The van der Waals surface area contributed by atoms with Gasteiger partial charge in [-0.3, -0.25) is 4.79 Å². The second kappa shape index (κ2) is 9.69. The van der Waals surface area contributed by atoms with E-state index in [4.69, 9.17) is 14.5 Å². The fourth-order valence-electron chi connectivity index (χ4n) is 3.82. The van der Waals surface area contributed by atoms with Gasteiger partial charge in [-0.05, 0) is 55.7 Å². The van der Waals surface area contributed by atoms with Gasteiger partial charge in [0.2, 0.25) is 0 Å². The zero-order valence-electron chi connectivity index (χ0n) is 18.5. The summed E-state index contributed by atoms with van der Waals surface area (Å²) in [4.78, 5) is 19.5. The van der Waals surface area contributed by atoms with E-state index >= 15 is 0 Å². The van der Waals surface area contributed by atoms with Crippen LogP contribution in [-0.4, -0.2) is 41.6 Å². The molecule has 0 atom stereocenters. The number of hydrogen-bond donors (Lipinski definition) is 0. The molecule has 31 heavy (non-hydrogen) atoms. The van der Waals surface area contributed by atoms with Crippen molar-refractivity contribution in [3.05, 3.63) is 53.1 Å². The summed E-state index contributed by atoms with van der Waals surface area (Å²) < 4.78 is 13.1. The van der Waals surface area contributed by atoms with Crippen molar-refractivity contribution < 1.29 is 14.3 Å². The summed E-state index contributed by atoms with van der Waals surface area (Å²) in [6.07, 6.45) is 3.87. The molecule has 1 aliphatic rings. The van der Waals surface area contributed by atoms with Crippen LogP contribution < -0.4 is 9.47 Å². The summed E-state index contributed by atoms with van der Waals surface area (Å²) in [6, 6.07) is 11.7. The number of nitrogens with zero attached hydrogens (tertiary/aromatic N) is 2. The van der Waals surface area contributed by atoms with Crippen molar-refractivity contribution in [2.24, 2.45) is 0 Å². The minimum atomic E-state index is 0.0739. The SMILES string of the molecule is CCCCOc1ccc(C(=O)N2CCC(Oc3nc4c(C)ccc(C)c4s3)CC2)cc1. The fourth-order valence-corrected chi connectivity index (χ4v) is 4.85. The molecule has 1 aromatic heterocycles. The molecule has 1 aliphatic heterocycles. The van der Waals surface area contributed by atoms with Crippen molar-refractivity contribution in [2.45, 2.75) is 52.6 Å². The summed E-state index contributed by atoms with van der Waals surface area (Å²) in [5.74, 6) is 0.892. The highest BCUT2D eigenvalue weighted by Gasteiger charge is 2.25. The van der Waals surface area contributed by atoms with Crippen LogP contribution in [0.25, 0.3) is 10.2 Å². The number of amides is 1. The number of unbranched alkanes of at least 4 members (excludes halogenated alkanes) is 1. The standard InChI is InChI=1S/C25H30N2O3S/c1-4-5-16-29-20-10-8-19(9-11-20)24(28)27-14-12-21(13-15-27)30-25-26-22-17(2)6-7-18(3)23(22)31-25/h6-11,21H,4-5,12-16H2,1-3H3. The average Bonchev–Trinajstić information content (AvgIpc) is 3.22. The maximum Gasteiger partial charge on any atom is 0.274 e. The first-order chi connectivity index (χ1) is 15.0. The maximum atomic E-state index is 12.9. The molecule has 2 aromatic carbocycles. The van der Waals surface area contributed by atoms with Crippen molar-refractivity contribution in [1.82, 2.24) is 9.88 Å². The smallest absolute Gasteiger partial charge is 0.274 e. The predicted molar refractivity (Wildman–Crippen MR) is 125 cm³/mol. The van der Waals surface area contributed by atoms with Gasteiger partial charge in [-0.15, -0.1) is 0 Å². The van der Waals surface area contributed by atoms with Gasteiger partial charge in [0.05, 0.1) is 16.8 Å². The number of carbonyl (C=O) groups is 1. The molecule has 5 nitrogen and oxygen atoms in total. The van der Waals surface area contributed by atoms with E-state index in [0.717, 1.165) is 42.1 Å². The average molecular weight is 439 g/mol. The first-order valence-electron chi connectivity index (χ1n) is 11.1. The van der Waals surface area contributed by atoms with E-state index in [2.05, 4.69) is 32.9 Å².